The number of aromatic nitrogens is 4. The van der Waals surface area contributed by atoms with Crippen molar-refractivity contribution >= 4 is 17.0 Å². The SMILES string of the molecule is FC(F)(F)c1cccc(CNc2ncnc3nc[nH]c23)c1. The molecule has 5 nitrogen and oxygen atoms in total. The van der Waals surface area contributed by atoms with Crippen LogP contribution >= 0.6 is 0 Å². The molecule has 0 atom stereocenters. The normalized spacial score (nSPS) is 11.8. The Kier molecular flexibility index (Phi) is 3.20. The Morgan fingerprint density at radius 1 is 1.14 bits per heavy atom. The zero-order valence-corrected chi connectivity index (χ0v) is 10.6. The Labute approximate surface area is 117 Å². The van der Waals surface area contributed by atoms with Crippen LogP contribution in [0.4, 0.5) is 19.0 Å². The standard InChI is InChI=1S/C13H10F3N5/c14-13(15,16)9-3-1-2-8(4-9)5-17-11-10-12(19-6-18-10)21-7-20-11/h1-4,6-7H,5H2,(H2,17,18,19,20,21). The molecule has 3 aromatic rings. The molecule has 0 unspecified atom stereocenters. The molecule has 0 bridgehead atoms. The highest BCUT2D eigenvalue weighted by atomic mass is 19.4. The van der Waals surface area contributed by atoms with E-state index in [1.807, 2.05) is 0 Å². The van der Waals surface area contributed by atoms with Gasteiger partial charge in [0, 0.05) is 6.54 Å². The number of H-pyrrole nitrogens is 1. The minimum Gasteiger partial charge on any atom is -0.364 e. The lowest BCUT2D eigenvalue weighted by Crippen LogP contribution is -2.07. The van der Waals surface area contributed by atoms with Gasteiger partial charge in [-0.05, 0) is 17.7 Å². The molecule has 1 aromatic carbocycles. The highest BCUT2D eigenvalue weighted by Crippen LogP contribution is 2.29. The smallest absolute Gasteiger partial charge is 0.364 e. The molecule has 3 rings (SSSR count). The lowest BCUT2D eigenvalue weighted by Gasteiger charge is -2.10. The average Bonchev–Trinajstić information content (AvgIpc) is 2.93. The number of nitrogens with zero attached hydrogens (tertiary/aromatic N) is 3. The minimum absolute atomic E-state index is 0.217. The van der Waals surface area contributed by atoms with Gasteiger partial charge in [-0.3, -0.25) is 0 Å². The summed E-state index contributed by atoms with van der Waals surface area (Å²) in [7, 11) is 0. The van der Waals surface area contributed by atoms with E-state index in [1.165, 1.54) is 18.7 Å². The van der Waals surface area contributed by atoms with E-state index in [1.54, 1.807) is 6.07 Å². The molecular formula is C13H10F3N5. The summed E-state index contributed by atoms with van der Waals surface area (Å²) in [5, 5.41) is 2.98. The minimum atomic E-state index is -4.35. The largest absolute Gasteiger partial charge is 0.416 e. The highest BCUT2D eigenvalue weighted by Gasteiger charge is 2.30. The fraction of sp³-hybridized carbons (Fsp3) is 0.154. The maximum absolute atomic E-state index is 12.6. The number of alkyl halides is 3. The van der Waals surface area contributed by atoms with E-state index in [4.69, 9.17) is 0 Å². The van der Waals surface area contributed by atoms with Gasteiger partial charge in [-0.25, -0.2) is 15.0 Å². The van der Waals surface area contributed by atoms with Crippen molar-refractivity contribution in [2.75, 3.05) is 5.32 Å². The third-order valence-electron chi connectivity index (χ3n) is 2.94. The van der Waals surface area contributed by atoms with Crippen molar-refractivity contribution in [1.82, 2.24) is 19.9 Å². The number of imidazole rings is 1. The summed E-state index contributed by atoms with van der Waals surface area (Å²) in [6.45, 7) is 0.217. The number of benzene rings is 1. The molecule has 0 spiro atoms. The van der Waals surface area contributed by atoms with E-state index in [0.717, 1.165) is 12.1 Å². The number of anilines is 1. The lowest BCUT2D eigenvalue weighted by atomic mass is 10.1. The molecule has 0 fully saturated rings. The molecule has 0 aliphatic heterocycles. The Morgan fingerprint density at radius 3 is 2.81 bits per heavy atom. The van der Waals surface area contributed by atoms with Gasteiger partial charge in [-0.2, -0.15) is 13.2 Å². The van der Waals surface area contributed by atoms with Gasteiger partial charge in [0.2, 0.25) is 0 Å². The van der Waals surface area contributed by atoms with Gasteiger partial charge < -0.3 is 10.3 Å². The molecule has 2 aromatic heterocycles. The van der Waals surface area contributed by atoms with Crippen molar-refractivity contribution < 1.29 is 13.2 Å². The molecule has 0 aliphatic rings. The van der Waals surface area contributed by atoms with Crippen molar-refractivity contribution in [2.45, 2.75) is 12.7 Å². The Morgan fingerprint density at radius 2 is 2.00 bits per heavy atom. The molecule has 2 heterocycles. The molecule has 2 N–H and O–H groups in total. The fourth-order valence-corrected chi connectivity index (χ4v) is 1.94. The third-order valence-corrected chi connectivity index (χ3v) is 2.94. The van der Waals surface area contributed by atoms with E-state index in [2.05, 4.69) is 25.3 Å². The molecule has 0 aliphatic carbocycles. The molecule has 108 valence electrons. The van der Waals surface area contributed by atoms with Gasteiger partial charge in [-0.15, -0.1) is 0 Å². The van der Waals surface area contributed by atoms with Crippen LogP contribution in [0.2, 0.25) is 0 Å². The third kappa shape index (κ3) is 2.78. The van der Waals surface area contributed by atoms with E-state index in [9.17, 15) is 13.2 Å². The second kappa shape index (κ2) is 5.04. The number of halogens is 3. The maximum Gasteiger partial charge on any atom is 0.416 e. The first-order chi connectivity index (χ1) is 10.0. The van der Waals surface area contributed by atoms with Crippen LogP contribution in [-0.2, 0) is 12.7 Å². The van der Waals surface area contributed by atoms with Crippen molar-refractivity contribution in [1.29, 1.82) is 0 Å². The molecule has 8 heteroatoms. The van der Waals surface area contributed by atoms with Crippen molar-refractivity contribution in [2.24, 2.45) is 0 Å². The first-order valence-electron chi connectivity index (χ1n) is 6.08. The van der Waals surface area contributed by atoms with Gasteiger partial charge in [-0.1, -0.05) is 12.1 Å². The summed E-state index contributed by atoms with van der Waals surface area (Å²) in [6.07, 6.45) is -1.52. The summed E-state index contributed by atoms with van der Waals surface area (Å²) >= 11 is 0. The second-order valence-corrected chi connectivity index (χ2v) is 4.38. The van der Waals surface area contributed by atoms with Crippen LogP contribution in [-0.4, -0.2) is 19.9 Å². The van der Waals surface area contributed by atoms with E-state index in [-0.39, 0.29) is 6.54 Å². The zero-order valence-electron chi connectivity index (χ0n) is 10.6. The van der Waals surface area contributed by atoms with Crippen LogP contribution in [0.25, 0.3) is 11.2 Å². The van der Waals surface area contributed by atoms with Crippen LogP contribution < -0.4 is 5.32 Å². The summed E-state index contributed by atoms with van der Waals surface area (Å²) in [6, 6.07) is 5.15. The topological polar surface area (TPSA) is 66.5 Å². The zero-order chi connectivity index (χ0) is 14.9. The lowest BCUT2D eigenvalue weighted by molar-refractivity contribution is -0.137. The van der Waals surface area contributed by atoms with E-state index in [0.29, 0.717) is 22.5 Å². The molecular weight excluding hydrogens is 283 g/mol. The van der Waals surface area contributed by atoms with Crippen molar-refractivity contribution in [3.63, 3.8) is 0 Å². The van der Waals surface area contributed by atoms with Gasteiger partial charge in [0.05, 0.1) is 11.9 Å². The molecule has 0 amide bonds. The van der Waals surface area contributed by atoms with Crippen molar-refractivity contribution in [3.05, 3.63) is 48.0 Å². The van der Waals surface area contributed by atoms with Crippen LogP contribution in [0, 0.1) is 0 Å². The number of aromatic amines is 1. The Hall–Kier alpha value is -2.64. The predicted octanol–water partition coefficient (Wildman–Crippen LogP) is 2.98. The quantitative estimate of drug-likeness (QED) is 0.779. The summed E-state index contributed by atoms with van der Waals surface area (Å²) < 4.78 is 37.9. The fourth-order valence-electron chi connectivity index (χ4n) is 1.94. The summed E-state index contributed by atoms with van der Waals surface area (Å²) in [5.41, 5.74) is 0.952. The number of rotatable bonds is 3. The number of fused-ring (bicyclic) bond motifs is 1. The van der Waals surface area contributed by atoms with Crippen LogP contribution in [0.5, 0.6) is 0 Å². The van der Waals surface area contributed by atoms with Crippen molar-refractivity contribution in [3.8, 4) is 0 Å². The van der Waals surface area contributed by atoms with Gasteiger partial charge >= 0.3 is 6.18 Å². The van der Waals surface area contributed by atoms with Gasteiger partial charge in [0.1, 0.15) is 11.8 Å². The van der Waals surface area contributed by atoms with Gasteiger partial charge in [0.25, 0.3) is 0 Å². The summed E-state index contributed by atoms with van der Waals surface area (Å²) in [5.74, 6) is 0.495. The van der Waals surface area contributed by atoms with Gasteiger partial charge in [0.15, 0.2) is 11.5 Å². The van der Waals surface area contributed by atoms with E-state index < -0.39 is 11.7 Å². The second-order valence-electron chi connectivity index (χ2n) is 4.38. The number of nitrogens with one attached hydrogen (secondary N) is 2. The molecule has 0 saturated carbocycles. The summed E-state index contributed by atoms with van der Waals surface area (Å²) in [4.78, 5) is 14.9. The number of hydrogen-bond acceptors (Lipinski definition) is 4. The first kappa shape index (κ1) is 13.3. The highest BCUT2D eigenvalue weighted by molar-refractivity contribution is 5.81. The maximum atomic E-state index is 12.6. The predicted molar refractivity (Wildman–Crippen MR) is 70.5 cm³/mol. The number of hydrogen-bond donors (Lipinski definition) is 2. The van der Waals surface area contributed by atoms with Crippen LogP contribution in [0.15, 0.2) is 36.9 Å². The van der Waals surface area contributed by atoms with Crippen LogP contribution in [0.3, 0.4) is 0 Å². The average molecular weight is 293 g/mol. The van der Waals surface area contributed by atoms with E-state index >= 15 is 0 Å². The monoisotopic (exact) mass is 293 g/mol. The molecule has 0 radical (unpaired) electrons. The first-order valence-corrected chi connectivity index (χ1v) is 6.08. The van der Waals surface area contributed by atoms with Crippen LogP contribution in [0.1, 0.15) is 11.1 Å². The Balaban J connectivity index is 1.80. The Bertz CT molecular complexity index is 766. The molecule has 0 saturated heterocycles. The molecule has 21 heavy (non-hydrogen) atoms.